The molecule has 0 aliphatic heterocycles. The summed E-state index contributed by atoms with van der Waals surface area (Å²) in [5.41, 5.74) is 2.18. The zero-order valence-electron chi connectivity index (χ0n) is 9.37. The minimum atomic E-state index is -0.405. The lowest BCUT2D eigenvalue weighted by Gasteiger charge is -2.05. The fourth-order valence-electron chi connectivity index (χ4n) is 1.51. The molecule has 0 saturated carbocycles. The van der Waals surface area contributed by atoms with E-state index in [1.54, 1.807) is 18.2 Å². The van der Waals surface area contributed by atoms with Gasteiger partial charge in [-0.3, -0.25) is 0 Å². The van der Waals surface area contributed by atoms with Crippen molar-refractivity contribution in [1.29, 1.82) is 0 Å². The monoisotopic (exact) mass is 296 g/mol. The van der Waals surface area contributed by atoms with Crippen LogP contribution in [-0.4, -0.2) is 17.1 Å². The third-order valence-corrected chi connectivity index (χ3v) is 2.63. The molecule has 0 saturated heterocycles. The van der Waals surface area contributed by atoms with E-state index in [2.05, 4.69) is 25.9 Å². The number of rotatable bonds is 2. The third-order valence-electron chi connectivity index (χ3n) is 2.27. The molecule has 0 N–H and O–H groups in total. The first-order valence-electron chi connectivity index (χ1n) is 4.95. The van der Waals surface area contributed by atoms with Gasteiger partial charge in [0.05, 0.1) is 12.8 Å². The predicted molar refractivity (Wildman–Crippen MR) is 66.4 cm³/mol. The molecule has 0 spiro atoms. The lowest BCUT2D eigenvalue weighted by atomic mass is 10.1. The molecule has 0 amide bonds. The van der Waals surface area contributed by atoms with Gasteiger partial charge in [0.1, 0.15) is 0 Å². The van der Waals surface area contributed by atoms with E-state index >= 15 is 0 Å². The highest BCUT2D eigenvalue weighted by Crippen LogP contribution is 2.25. The van der Waals surface area contributed by atoms with E-state index in [9.17, 15) is 4.39 Å². The average molecular weight is 297 g/mol. The van der Waals surface area contributed by atoms with Crippen LogP contribution in [0.5, 0.6) is 5.75 Å². The van der Waals surface area contributed by atoms with Crippen LogP contribution >= 0.6 is 15.9 Å². The largest absolute Gasteiger partial charge is 0.494 e. The molecule has 0 radical (unpaired) electrons. The average Bonchev–Trinajstić information content (AvgIpc) is 2.27. The minimum absolute atomic E-state index is 0.221. The molecule has 88 valence electrons. The summed E-state index contributed by atoms with van der Waals surface area (Å²) in [7, 11) is 1.43. The maximum atomic E-state index is 13.6. The van der Waals surface area contributed by atoms with Gasteiger partial charge in [-0.05, 0) is 47.1 Å². The number of benzene rings is 1. The lowest BCUT2D eigenvalue weighted by Crippen LogP contribution is -1.93. The van der Waals surface area contributed by atoms with Crippen LogP contribution in [0.15, 0.2) is 29.0 Å². The van der Waals surface area contributed by atoms with E-state index in [4.69, 9.17) is 4.74 Å². The Morgan fingerprint density at radius 1 is 1.24 bits per heavy atom. The second-order valence-corrected chi connectivity index (χ2v) is 4.22. The first kappa shape index (κ1) is 12.0. The molecule has 0 fully saturated rings. The number of methoxy groups -OCH3 is 1. The van der Waals surface area contributed by atoms with Crippen LogP contribution in [0, 0.1) is 12.7 Å². The van der Waals surface area contributed by atoms with E-state index in [-0.39, 0.29) is 5.75 Å². The number of hydrogen-bond donors (Lipinski definition) is 0. The molecular formula is C12H10BrFN2O. The highest BCUT2D eigenvalue weighted by Gasteiger charge is 2.07. The molecule has 0 bridgehead atoms. The minimum Gasteiger partial charge on any atom is -0.494 e. The second-order valence-electron chi connectivity index (χ2n) is 3.51. The number of ether oxygens (including phenoxy) is 1. The van der Waals surface area contributed by atoms with Crippen LogP contribution in [0.3, 0.4) is 0 Å². The summed E-state index contributed by atoms with van der Waals surface area (Å²) < 4.78 is 18.9. The Morgan fingerprint density at radius 3 is 2.59 bits per heavy atom. The van der Waals surface area contributed by atoms with Crippen LogP contribution in [0.25, 0.3) is 11.3 Å². The quantitative estimate of drug-likeness (QED) is 0.797. The van der Waals surface area contributed by atoms with Gasteiger partial charge in [0.25, 0.3) is 0 Å². The number of nitrogens with zero attached hydrogens (tertiary/aromatic N) is 2. The molecule has 0 atom stereocenters. The van der Waals surface area contributed by atoms with Gasteiger partial charge in [0, 0.05) is 11.3 Å². The Bertz CT molecular complexity index is 540. The van der Waals surface area contributed by atoms with Gasteiger partial charge in [-0.2, -0.15) is 0 Å². The van der Waals surface area contributed by atoms with Crippen molar-refractivity contribution in [1.82, 2.24) is 9.97 Å². The molecule has 0 aliphatic carbocycles. The summed E-state index contributed by atoms with van der Waals surface area (Å²) in [4.78, 5) is 8.30. The van der Waals surface area contributed by atoms with Gasteiger partial charge in [0.15, 0.2) is 16.3 Å². The van der Waals surface area contributed by atoms with Crippen molar-refractivity contribution in [3.8, 4) is 17.0 Å². The second kappa shape index (κ2) is 4.79. The molecule has 1 aromatic heterocycles. The predicted octanol–water partition coefficient (Wildman–Crippen LogP) is 3.36. The van der Waals surface area contributed by atoms with Crippen molar-refractivity contribution in [2.24, 2.45) is 0 Å². The van der Waals surface area contributed by atoms with Gasteiger partial charge in [-0.25, -0.2) is 14.4 Å². The van der Waals surface area contributed by atoms with Crippen LogP contribution in [-0.2, 0) is 0 Å². The summed E-state index contributed by atoms with van der Waals surface area (Å²) in [5.74, 6) is -0.184. The molecule has 3 nitrogen and oxygen atoms in total. The van der Waals surface area contributed by atoms with Crippen molar-refractivity contribution >= 4 is 15.9 Å². The molecular weight excluding hydrogens is 287 g/mol. The van der Waals surface area contributed by atoms with Crippen molar-refractivity contribution in [3.63, 3.8) is 0 Å². The Balaban J connectivity index is 2.49. The number of hydrogen-bond acceptors (Lipinski definition) is 3. The molecule has 0 unspecified atom stereocenters. The molecule has 0 aliphatic rings. The molecule has 17 heavy (non-hydrogen) atoms. The Morgan fingerprint density at radius 2 is 2.00 bits per heavy atom. The fraction of sp³-hybridized carbons (Fsp3) is 0.167. The van der Waals surface area contributed by atoms with Gasteiger partial charge in [-0.15, -0.1) is 0 Å². The normalized spacial score (nSPS) is 10.4. The highest BCUT2D eigenvalue weighted by molar-refractivity contribution is 9.10. The maximum Gasteiger partial charge on any atom is 0.197 e. The Hall–Kier alpha value is -1.49. The van der Waals surface area contributed by atoms with Crippen LogP contribution in [0.2, 0.25) is 0 Å². The van der Waals surface area contributed by atoms with Gasteiger partial charge in [-0.1, -0.05) is 0 Å². The lowest BCUT2D eigenvalue weighted by molar-refractivity contribution is 0.386. The van der Waals surface area contributed by atoms with Crippen LogP contribution in [0.4, 0.5) is 4.39 Å². The Kier molecular flexibility index (Phi) is 3.38. The van der Waals surface area contributed by atoms with Gasteiger partial charge in [0.2, 0.25) is 0 Å². The summed E-state index contributed by atoms with van der Waals surface area (Å²) in [6.45, 7) is 1.86. The zero-order valence-corrected chi connectivity index (χ0v) is 11.0. The van der Waals surface area contributed by atoms with E-state index in [0.29, 0.717) is 16.0 Å². The van der Waals surface area contributed by atoms with E-state index in [1.165, 1.54) is 13.2 Å². The highest BCUT2D eigenvalue weighted by atomic mass is 79.9. The van der Waals surface area contributed by atoms with Crippen molar-refractivity contribution in [2.75, 3.05) is 7.11 Å². The van der Waals surface area contributed by atoms with Crippen molar-refractivity contribution in [3.05, 3.63) is 40.5 Å². The standard InChI is InChI=1S/C12H10BrFN2O/c1-7-5-10(16-12(13)15-7)8-3-4-11(17-2)9(14)6-8/h3-6H,1-2H3. The van der Waals surface area contributed by atoms with Gasteiger partial charge < -0.3 is 4.74 Å². The third kappa shape index (κ3) is 2.61. The van der Waals surface area contributed by atoms with Gasteiger partial charge >= 0.3 is 0 Å². The number of halogens is 2. The first-order chi connectivity index (χ1) is 8.10. The maximum absolute atomic E-state index is 13.6. The van der Waals surface area contributed by atoms with Crippen LogP contribution in [0.1, 0.15) is 5.69 Å². The SMILES string of the molecule is COc1ccc(-c2cc(C)nc(Br)n2)cc1F. The smallest absolute Gasteiger partial charge is 0.197 e. The van der Waals surface area contributed by atoms with Crippen LogP contribution < -0.4 is 4.74 Å². The van der Waals surface area contributed by atoms with E-state index < -0.39 is 5.82 Å². The van der Waals surface area contributed by atoms with E-state index in [1.807, 2.05) is 6.92 Å². The zero-order chi connectivity index (χ0) is 12.4. The number of aromatic nitrogens is 2. The summed E-state index contributed by atoms with van der Waals surface area (Å²) in [5, 5.41) is 0. The van der Waals surface area contributed by atoms with Crippen molar-refractivity contribution < 1.29 is 9.13 Å². The molecule has 1 heterocycles. The fourth-order valence-corrected chi connectivity index (χ4v) is 1.98. The molecule has 2 rings (SSSR count). The summed E-state index contributed by atoms with van der Waals surface area (Å²) in [6.07, 6.45) is 0. The molecule has 2 aromatic rings. The molecule has 1 aromatic carbocycles. The first-order valence-corrected chi connectivity index (χ1v) is 5.74. The molecule has 5 heteroatoms. The number of aryl methyl sites for hydroxylation is 1. The summed E-state index contributed by atoms with van der Waals surface area (Å²) in [6, 6.07) is 6.53. The van der Waals surface area contributed by atoms with E-state index in [0.717, 1.165) is 5.69 Å². The van der Waals surface area contributed by atoms with Crippen molar-refractivity contribution in [2.45, 2.75) is 6.92 Å². The topological polar surface area (TPSA) is 35.0 Å². The Labute approximate surface area is 107 Å². The summed E-state index contributed by atoms with van der Waals surface area (Å²) >= 11 is 3.22.